The Bertz CT molecular complexity index is 802. The molecule has 0 radical (unpaired) electrons. The van der Waals surface area contributed by atoms with Gasteiger partial charge in [0.2, 0.25) is 0 Å². The number of nitrogen functional groups attached to an aromatic ring is 1. The fourth-order valence-electron chi connectivity index (χ4n) is 3.39. The largest absolute Gasteiger partial charge is 0.493 e. The Morgan fingerprint density at radius 1 is 1.19 bits per heavy atom. The lowest BCUT2D eigenvalue weighted by Crippen LogP contribution is -2.31. The highest BCUT2D eigenvalue weighted by Gasteiger charge is 2.23. The molecule has 3 N–H and O–H groups in total. The van der Waals surface area contributed by atoms with Gasteiger partial charge in [0.1, 0.15) is 0 Å². The van der Waals surface area contributed by atoms with E-state index >= 15 is 0 Å². The summed E-state index contributed by atoms with van der Waals surface area (Å²) in [7, 11) is 1.58. The zero-order valence-electron chi connectivity index (χ0n) is 15.5. The topological polar surface area (TPSA) is 73.6 Å². The smallest absolute Gasteiger partial charge is 0.251 e. The molecule has 0 aromatic heterocycles. The number of methoxy groups -OCH3 is 1. The highest BCUT2D eigenvalue weighted by Crippen LogP contribution is 2.32. The first-order valence-corrected chi connectivity index (χ1v) is 9.01. The van der Waals surface area contributed by atoms with Crippen molar-refractivity contribution in [2.24, 2.45) is 0 Å². The van der Waals surface area contributed by atoms with Crippen LogP contribution < -0.4 is 20.5 Å². The Kier molecular flexibility index (Phi) is 5.35. The number of ether oxygens (including phenoxy) is 2. The quantitative estimate of drug-likeness (QED) is 0.800. The first-order valence-electron chi connectivity index (χ1n) is 9.01. The lowest BCUT2D eigenvalue weighted by atomic mass is 9.87. The first kappa shape index (κ1) is 18.1. The fourth-order valence-corrected chi connectivity index (χ4v) is 3.39. The van der Waals surface area contributed by atoms with Gasteiger partial charge in [0.05, 0.1) is 19.3 Å². The van der Waals surface area contributed by atoms with E-state index in [-0.39, 0.29) is 18.1 Å². The van der Waals surface area contributed by atoms with Crippen LogP contribution in [0.2, 0.25) is 0 Å². The van der Waals surface area contributed by atoms with Gasteiger partial charge in [-0.05, 0) is 74.6 Å². The van der Waals surface area contributed by atoms with Gasteiger partial charge in [-0.2, -0.15) is 0 Å². The SMILES string of the molecule is COc1cc(C(=O)NC2CCCc3cc(N)ccc32)ccc1OC(C)C. The second-order valence-corrected chi connectivity index (χ2v) is 6.91. The molecule has 5 heteroatoms. The Morgan fingerprint density at radius 2 is 2.00 bits per heavy atom. The molecule has 138 valence electrons. The molecule has 0 aliphatic heterocycles. The number of carbonyl (C=O) groups is 1. The summed E-state index contributed by atoms with van der Waals surface area (Å²) in [5.41, 5.74) is 9.59. The number of amides is 1. The summed E-state index contributed by atoms with van der Waals surface area (Å²) in [6.45, 7) is 3.90. The van der Waals surface area contributed by atoms with Crippen molar-refractivity contribution in [3.63, 3.8) is 0 Å². The molecule has 0 spiro atoms. The maximum Gasteiger partial charge on any atom is 0.251 e. The highest BCUT2D eigenvalue weighted by molar-refractivity contribution is 5.95. The van der Waals surface area contributed by atoms with Crippen LogP contribution in [-0.4, -0.2) is 19.1 Å². The standard InChI is InChI=1S/C21H26N2O3/c1-13(2)26-19-10-7-15(12-20(19)25-3)21(24)23-18-6-4-5-14-11-16(22)8-9-17(14)18/h7-13,18H,4-6,22H2,1-3H3,(H,23,24). The molecule has 2 aromatic rings. The van der Waals surface area contributed by atoms with E-state index in [1.807, 2.05) is 32.0 Å². The third-order valence-electron chi connectivity index (χ3n) is 4.58. The molecule has 0 saturated heterocycles. The van der Waals surface area contributed by atoms with Crippen molar-refractivity contribution >= 4 is 11.6 Å². The van der Waals surface area contributed by atoms with Crippen molar-refractivity contribution < 1.29 is 14.3 Å². The zero-order valence-corrected chi connectivity index (χ0v) is 15.5. The van der Waals surface area contributed by atoms with Crippen LogP contribution in [0, 0.1) is 0 Å². The number of fused-ring (bicyclic) bond motifs is 1. The van der Waals surface area contributed by atoms with Crippen LogP contribution in [0.4, 0.5) is 5.69 Å². The molecule has 1 atom stereocenters. The molecule has 0 heterocycles. The van der Waals surface area contributed by atoms with Gasteiger partial charge in [-0.3, -0.25) is 4.79 Å². The van der Waals surface area contributed by atoms with Gasteiger partial charge in [0.25, 0.3) is 5.91 Å². The van der Waals surface area contributed by atoms with Gasteiger partial charge in [-0.25, -0.2) is 0 Å². The Hall–Kier alpha value is -2.69. The molecule has 1 aliphatic rings. The molecule has 2 aromatic carbocycles. The first-order chi connectivity index (χ1) is 12.5. The number of carbonyl (C=O) groups excluding carboxylic acids is 1. The minimum Gasteiger partial charge on any atom is -0.493 e. The molecule has 5 nitrogen and oxygen atoms in total. The Morgan fingerprint density at radius 3 is 2.73 bits per heavy atom. The van der Waals surface area contributed by atoms with Crippen molar-refractivity contribution in [1.82, 2.24) is 5.32 Å². The van der Waals surface area contributed by atoms with E-state index in [1.165, 1.54) is 5.56 Å². The lowest BCUT2D eigenvalue weighted by Gasteiger charge is -2.27. The molecule has 0 saturated carbocycles. The van der Waals surface area contributed by atoms with E-state index in [0.717, 1.165) is 30.5 Å². The van der Waals surface area contributed by atoms with Crippen LogP contribution in [0.1, 0.15) is 54.2 Å². The number of rotatable bonds is 5. The van der Waals surface area contributed by atoms with Crippen LogP contribution in [0.3, 0.4) is 0 Å². The van der Waals surface area contributed by atoms with Crippen LogP contribution in [0.5, 0.6) is 11.5 Å². The minimum absolute atomic E-state index is 0.00411. The fraction of sp³-hybridized carbons (Fsp3) is 0.381. The molecule has 1 amide bonds. The summed E-state index contributed by atoms with van der Waals surface area (Å²) < 4.78 is 11.1. The van der Waals surface area contributed by atoms with Gasteiger partial charge in [0.15, 0.2) is 11.5 Å². The molecule has 1 unspecified atom stereocenters. The van der Waals surface area contributed by atoms with Gasteiger partial charge in [0, 0.05) is 11.3 Å². The molecular weight excluding hydrogens is 328 g/mol. The molecule has 0 fully saturated rings. The number of hydrogen-bond acceptors (Lipinski definition) is 4. The second-order valence-electron chi connectivity index (χ2n) is 6.91. The Labute approximate surface area is 154 Å². The maximum atomic E-state index is 12.8. The van der Waals surface area contributed by atoms with E-state index in [4.69, 9.17) is 15.2 Å². The Balaban J connectivity index is 1.79. The third kappa shape index (κ3) is 3.93. The number of hydrogen-bond donors (Lipinski definition) is 2. The van der Waals surface area contributed by atoms with Crippen LogP contribution >= 0.6 is 0 Å². The number of aryl methyl sites for hydroxylation is 1. The molecular formula is C21H26N2O3. The normalized spacial score (nSPS) is 16.1. The van der Waals surface area contributed by atoms with E-state index in [2.05, 4.69) is 5.32 Å². The number of benzene rings is 2. The van der Waals surface area contributed by atoms with Crippen molar-refractivity contribution in [2.75, 3.05) is 12.8 Å². The van der Waals surface area contributed by atoms with E-state index < -0.39 is 0 Å². The molecule has 0 bridgehead atoms. The summed E-state index contributed by atoms with van der Waals surface area (Å²) in [6.07, 6.45) is 3.00. The second kappa shape index (κ2) is 7.68. The third-order valence-corrected chi connectivity index (χ3v) is 4.58. The van der Waals surface area contributed by atoms with Crippen molar-refractivity contribution in [2.45, 2.75) is 45.3 Å². The number of anilines is 1. The summed E-state index contributed by atoms with van der Waals surface area (Å²) in [4.78, 5) is 12.8. The van der Waals surface area contributed by atoms with E-state index in [1.54, 1.807) is 25.3 Å². The maximum absolute atomic E-state index is 12.8. The molecule has 3 rings (SSSR count). The molecule has 1 aliphatic carbocycles. The average molecular weight is 354 g/mol. The zero-order chi connectivity index (χ0) is 18.7. The summed E-state index contributed by atoms with van der Waals surface area (Å²) in [5, 5.41) is 3.15. The average Bonchev–Trinajstić information content (AvgIpc) is 2.61. The number of nitrogens with two attached hydrogens (primary N) is 1. The van der Waals surface area contributed by atoms with E-state index in [9.17, 15) is 4.79 Å². The van der Waals surface area contributed by atoms with Crippen molar-refractivity contribution in [3.8, 4) is 11.5 Å². The van der Waals surface area contributed by atoms with E-state index in [0.29, 0.717) is 17.1 Å². The summed E-state index contributed by atoms with van der Waals surface area (Å²) in [6, 6.07) is 11.2. The monoisotopic (exact) mass is 354 g/mol. The van der Waals surface area contributed by atoms with Gasteiger partial charge < -0.3 is 20.5 Å². The number of nitrogens with one attached hydrogen (secondary N) is 1. The predicted octanol–water partition coefficient (Wildman–Crippen LogP) is 3.87. The van der Waals surface area contributed by atoms with Crippen LogP contribution in [-0.2, 0) is 6.42 Å². The van der Waals surface area contributed by atoms with Crippen molar-refractivity contribution in [1.29, 1.82) is 0 Å². The minimum atomic E-state index is -0.117. The summed E-state index contributed by atoms with van der Waals surface area (Å²) >= 11 is 0. The van der Waals surface area contributed by atoms with Gasteiger partial charge in [-0.1, -0.05) is 6.07 Å². The molecule has 26 heavy (non-hydrogen) atoms. The van der Waals surface area contributed by atoms with Crippen LogP contribution in [0.25, 0.3) is 0 Å². The van der Waals surface area contributed by atoms with Gasteiger partial charge in [-0.15, -0.1) is 0 Å². The predicted molar refractivity (Wildman–Crippen MR) is 103 cm³/mol. The lowest BCUT2D eigenvalue weighted by molar-refractivity contribution is 0.0932. The van der Waals surface area contributed by atoms with Crippen LogP contribution in [0.15, 0.2) is 36.4 Å². The summed E-state index contributed by atoms with van der Waals surface area (Å²) in [5.74, 6) is 1.08. The highest BCUT2D eigenvalue weighted by atomic mass is 16.5. The van der Waals surface area contributed by atoms with Gasteiger partial charge >= 0.3 is 0 Å². The van der Waals surface area contributed by atoms with Crippen molar-refractivity contribution in [3.05, 3.63) is 53.1 Å².